The minimum absolute atomic E-state index is 0.272. The molecule has 6 rings (SSSR count). The van der Waals surface area contributed by atoms with Crippen molar-refractivity contribution in [3.05, 3.63) is 95.2 Å². The number of anilines is 1. The zero-order chi connectivity index (χ0) is 25.7. The van der Waals surface area contributed by atoms with Crippen molar-refractivity contribution < 1.29 is 19.1 Å². The van der Waals surface area contributed by atoms with Crippen LogP contribution >= 0.6 is 0 Å². The third kappa shape index (κ3) is 3.64. The SMILES string of the molecule is COc1ccc(CNC(=O)c2ccccc2N2C(=O)[C@@H]3Cc4c([nH]c5ccccc45)C(C)N3C2=O)cc1. The Hall–Kier alpha value is -4.59. The van der Waals surface area contributed by atoms with E-state index in [4.69, 9.17) is 4.74 Å². The maximum atomic E-state index is 13.7. The van der Waals surface area contributed by atoms with Gasteiger partial charge in [-0.15, -0.1) is 0 Å². The Morgan fingerprint density at radius 2 is 1.76 bits per heavy atom. The molecular weight excluding hydrogens is 468 g/mol. The van der Waals surface area contributed by atoms with Gasteiger partial charge in [0.15, 0.2) is 0 Å². The highest BCUT2D eigenvalue weighted by molar-refractivity contribution is 6.24. The van der Waals surface area contributed by atoms with Crippen LogP contribution in [0.15, 0.2) is 72.8 Å². The fourth-order valence-electron chi connectivity index (χ4n) is 5.47. The van der Waals surface area contributed by atoms with Crippen molar-refractivity contribution in [1.82, 2.24) is 15.2 Å². The number of amides is 4. The monoisotopic (exact) mass is 494 g/mol. The number of hydrogen-bond donors (Lipinski definition) is 2. The molecular formula is C29H26N4O4. The minimum Gasteiger partial charge on any atom is -0.497 e. The Labute approximate surface area is 213 Å². The molecule has 4 aromatic rings. The van der Waals surface area contributed by atoms with Gasteiger partial charge < -0.3 is 19.9 Å². The van der Waals surface area contributed by atoms with Crippen molar-refractivity contribution in [3.8, 4) is 5.75 Å². The number of aromatic nitrogens is 1. The summed E-state index contributed by atoms with van der Waals surface area (Å²) in [6.45, 7) is 2.23. The second kappa shape index (κ2) is 8.81. The predicted molar refractivity (Wildman–Crippen MR) is 140 cm³/mol. The van der Waals surface area contributed by atoms with E-state index in [1.54, 1.807) is 36.3 Å². The van der Waals surface area contributed by atoms with Crippen LogP contribution in [0.25, 0.3) is 10.9 Å². The first-order valence-corrected chi connectivity index (χ1v) is 12.2. The van der Waals surface area contributed by atoms with Crippen LogP contribution in [0.3, 0.4) is 0 Å². The van der Waals surface area contributed by atoms with Gasteiger partial charge in [0.05, 0.1) is 24.4 Å². The van der Waals surface area contributed by atoms with Gasteiger partial charge in [0.2, 0.25) is 0 Å². The van der Waals surface area contributed by atoms with Gasteiger partial charge in [-0.1, -0.05) is 42.5 Å². The van der Waals surface area contributed by atoms with E-state index in [2.05, 4.69) is 10.3 Å². The summed E-state index contributed by atoms with van der Waals surface area (Å²) < 4.78 is 5.18. The van der Waals surface area contributed by atoms with E-state index in [1.165, 1.54) is 0 Å². The van der Waals surface area contributed by atoms with Gasteiger partial charge in [0.25, 0.3) is 11.8 Å². The highest BCUT2D eigenvalue weighted by Gasteiger charge is 2.52. The van der Waals surface area contributed by atoms with Crippen molar-refractivity contribution >= 4 is 34.4 Å². The molecule has 1 unspecified atom stereocenters. The Balaban J connectivity index is 1.28. The van der Waals surface area contributed by atoms with Gasteiger partial charge in [-0.25, -0.2) is 9.69 Å². The molecule has 0 saturated carbocycles. The number of aromatic amines is 1. The number of benzene rings is 3. The van der Waals surface area contributed by atoms with Gasteiger partial charge in [0, 0.05) is 29.6 Å². The van der Waals surface area contributed by atoms with E-state index in [0.29, 0.717) is 18.7 Å². The number of rotatable bonds is 5. The Bertz CT molecular complexity index is 1540. The molecule has 8 heteroatoms. The molecule has 2 aliphatic heterocycles. The fraction of sp³-hybridized carbons (Fsp3) is 0.207. The van der Waals surface area contributed by atoms with Crippen LogP contribution in [0.2, 0.25) is 0 Å². The van der Waals surface area contributed by atoms with E-state index in [9.17, 15) is 14.4 Å². The summed E-state index contributed by atoms with van der Waals surface area (Å²) in [5, 5.41) is 3.97. The largest absolute Gasteiger partial charge is 0.497 e. The van der Waals surface area contributed by atoms with Crippen LogP contribution in [-0.2, 0) is 17.8 Å². The zero-order valence-corrected chi connectivity index (χ0v) is 20.5. The average Bonchev–Trinajstić information content (AvgIpc) is 3.42. The van der Waals surface area contributed by atoms with E-state index in [1.807, 2.05) is 55.5 Å². The summed E-state index contributed by atoms with van der Waals surface area (Å²) in [7, 11) is 1.60. The van der Waals surface area contributed by atoms with Gasteiger partial charge in [-0.3, -0.25) is 9.59 Å². The lowest BCUT2D eigenvalue weighted by Gasteiger charge is -2.33. The van der Waals surface area contributed by atoms with Crippen molar-refractivity contribution in [2.45, 2.75) is 32.0 Å². The molecule has 37 heavy (non-hydrogen) atoms. The molecule has 0 aliphatic carbocycles. The summed E-state index contributed by atoms with van der Waals surface area (Å²) >= 11 is 0. The summed E-state index contributed by atoms with van der Waals surface area (Å²) in [5.74, 6) is 0.0562. The number of nitrogens with zero attached hydrogens (tertiary/aromatic N) is 2. The lowest BCUT2D eigenvalue weighted by molar-refractivity contribution is -0.120. The molecule has 3 heterocycles. The molecule has 4 amide bonds. The van der Waals surface area contributed by atoms with Crippen molar-refractivity contribution in [2.24, 2.45) is 0 Å². The molecule has 2 atom stereocenters. The van der Waals surface area contributed by atoms with Gasteiger partial charge in [0.1, 0.15) is 11.8 Å². The highest BCUT2D eigenvalue weighted by atomic mass is 16.5. The number of fused-ring (bicyclic) bond motifs is 4. The molecule has 186 valence electrons. The molecule has 0 radical (unpaired) electrons. The summed E-state index contributed by atoms with van der Waals surface area (Å²) in [4.78, 5) is 46.8. The van der Waals surface area contributed by atoms with E-state index >= 15 is 0 Å². The number of ether oxygens (including phenoxy) is 1. The molecule has 8 nitrogen and oxygen atoms in total. The first-order chi connectivity index (χ1) is 18.0. The number of carbonyl (C=O) groups excluding carboxylic acids is 3. The van der Waals surface area contributed by atoms with Crippen molar-refractivity contribution in [1.29, 1.82) is 0 Å². The summed E-state index contributed by atoms with van der Waals surface area (Å²) in [6.07, 6.45) is 0.427. The molecule has 2 aliphatic rings. The molecule has 1 aromatic heterocycles. The molecule has 1 fully saturated rings. The second-order valence-electron chi connectivity index (χ2n) is 9.37. The van der Waals surface area contributed by atoms with Gasteiger partial charge in [-0.2, -0.15) is 0 Å². The van der Waals surface area contributed by atoms with E-state index < -0.39 is 12.1 Å². The third-order valence-corrected chi connectivity index (χ3v) is 7.33. The number of H-pyrrole nitrogens is 1. The van der Waals surface area contributed by atoms with Crippen LogP contribution in [0, 0.1) is 0 Å². The molecule has 0 spiro atoms. The lowest BCUT2D eigenvalue weighted by atomic mass is 9.93. The number of urea groups is 1. The van der Waals surface area contributed by atoms with Crippen LogP contribution in [0.4, 0.5) is 10.5 Å². The van der Waals surface area contributed by atoms with Gasteiger partial charge in [-0.05, 0) is 48.4 Å². The number of carbonyl (C=O) groups is 3. The Morgan fingerprint density at radius 1 is 1.03 bits per heavy atom. The van der Waals surface area contributed by atoms with E-state index in [0.717, 1.165) is 38.4 Å². The molecule has 1 saturated heterocycles. The zero-order valence-electron chi connectivity index (χ0n) is 20.5. The average molecular weight is 495 g/mol. The molecule has 3 aromatic carbocycles. The normalized spacial score (nSPS) is 18.6. The van der Waals surface area contributed by atoms with Gasteiger partial charge >= 0.3 is 6.03 Å². The van der Waals surface area contributed by atoms with Crippen LogP contribution < -0.4 is 15.0 Å². The summed E-state index contributed by atoms with van der Waals surface area (Å²) in [6, 6.07) is 20.8. The highest BCUT2D eigenvalue weighted by Crippen LogP contribution is 2.42. The quantitative estimate of drug-likeness (QED) is 0.398. The maximum Gasteiger partial charge on any atom is 0.332 e. The number of nitrogens with one attached hydrogen (secondary N) is 2. The van der Waals surface area contributed by atoms with Crippen molar-refractivity contribution in [3.63, 3.8) is 0 Å². The third-order valence-electron chi connectivity index (χ3n) is 7.33. The first-order valence-electron chi connectivity index (χ1n) is 12.2. The number of para-hydroxylation sites is 2. The Kier molecular flexibility index (Phi) is 5.44. The minimum atomic E-state index is -0.621. The first kappa shape index (κ1) is 22.8. The van der Waals surface area contributed by atoms with Crippen LogP contribution in [-0.4, -0.2) is 40.9 Å². The lowest BCUT2D eigenvalue weighted by Crippen LogP contribution is -2.42. The topological polar surface area (TPSA) is 94.7 Å². The second-order valence-corrected chi connectivity index (χ2v) is 9.37. The number of methoxy groups -OCH3 is 1. The summed E-state index contributed by atoms with van der Waals surface area (Å²) in [5.41, 5.74) is 4.48. The Morgan fingerprint density at radius 3 is 2.54 bits per heavy atom. The molecule has 2 N–H and O–H groups in total. The standard InChI is InChI=1S/C29H26N4O4/c1-17-26-22(20-7-3-5-9-23(20)31-26)15-25-28(35)33(29(36)32(17)25)24-10-6-4-8-21(24)27(34)30-16-18-11-13-19(37-2)14-12-18/h3-14,17,25,31H,15-16H2,1-2H3,(H,30,34)/t17?,25-/m0/s1. The molecule has 0 bridgehead atoms. The maximum absolute atomic E-state index is 13.7. The van der Waals surface area contributed by atoms with Crippen LogP contribution in [0.1, 0.15) is 40.1 Å². The number of imide groups is 1. The fourth-order valence-corrected chi connectivity index (χ4v) is 5.47. The van der Waals surface area contributed by atoms with E-state index in [-0.39, 0.29) is 23.4 Å². The predicted octanol–water partition coefficient (Wildman–Crippen LogP) is 4.56. The number of hydrogen-bond acceptors (Lipinski definition) is 4. The van der Waals surface area contributed by atoms with Crippen LogP contribution in [0.5, 0.6) is 5.75 Å². The van der Waals surface area contributed by atoms with Crippen molar-refractivity contribution in [2.75, 3.05) is 12.0 Å². The smallest absolute Gasteiger partial charge is 0.332 e.